The van der Waals surface area contributed by atoms with Crippen LogP contribution in [0.2, 0.25) is 0 Å². The number of hydrogen-bond donors (Lipinski definition) is 0. The minimum absolute atomic E-state index is 1.02. The zero-order valence-corrected chi connectivity index (χ0v) is 7.67. The maximum absolute atomic E-state index is 8.60. The molecule has 0 unspecified atom stereocenters. The monoisotopic (exact) mass is 169 g/mol. The Labute approximate surface area is 78.3 Å². The summed E-state index contributed by atoms with van der Waals surface area (Å²) in [6.07, 6.45) is 3.78. The third-order valence-corrected chi connectivity index (χ3v) is 2.51. The van der Waals surface area contributed by atoms with E-state index in [0.717, 1.165) is 12.8 Å². The number of fused-ring (bicyclic) bond motifs is 1. The van der Waals surface area contributed by atoms with Crippen molar-refractivity contribution in [2.24, 2.45) is 0 Å². The van der Waals surface area contributed by atoms with Gasteiger partial charge in [0, 0.05) is 6.08 Å². The average Bonchev–Trinajstić information content (AvgIpc) is 2.49. The van der Waals surface area contributed by atoms with Crippen LogP contribution in [0, 0.1) is 18.3 Å². The first-order valence-corrected chi connectivity index (χ1v) is 4.50. The highest BCUT2D eigenvalue weighted by molar-refractivity contribution is 5.74. The number of allylic oxidation sites excluding steroid dienone is 2. The van der Waals surface area contributed by atoms with Crippen LogP contribution in [-0.4, -0.2) is 0 Å². The van der Waals surface area contributed by atoms with E-state index in [2.05, 4.69) is 31.2 Å². The van der Waals surface area contributed by atoms with Crippen LogP contribution in [0.3, 0.4) is 0 Å². The standard InChI is InChI=1S/C12H11N/c1-9-2-3-10-4-5-11(6-7-13)12(10)8-9/h2-3,6,8H,4-5H2,1H3. The number of rotatable bonds is 0. The van der Waals surface area contributed by atoms with Crippen molar-refractivity contribution in [3.05, 3.63) is 41.0 Å². The van der Waals surface area contributed by atoms with E-state index in [1.165, 1.54) is 22.3 Å². The highest BCUT2D eigenvalue weighted by Gasteiger charge is 2.15. The molecule has 2 rings (SSSR count). The number of hydrogen-bond acceptors (Lipinski definition) is 1. The molecule has 0 aliphatic heterocycles. The Balaban J connectivity index is 2.54. The smallest absolute Gasteiger partial charge is 0.0915 e. The summed E-state index contributed by atoms with van der Waals surface area (Å²) in [5, 5.41) is 8.60. The zero-order valence-electron chi connectivity index (χ0n) is 7.67. The average molecular weight is 169 g/mol. The Bertz CT molecular complexity index is 408. The van der Waals surface area contributed by atoms with E-state index in [9.17, 15) is 0 Å². The fraction of sp³-hybridized carbons (Fsp3) is 0.250. The summed E-state index contributed by atoms with van der Waals surface area (Å²) in [4.78, 5) is 0. The van der Waals surface area contributed by atoms with Crippen LogP contribution in [0.15, 0.2) is 24.3 Å². The summed E-state index contributed by atoms with van der Waals surface area (Å²) in [5.74, 6) is 0. The summed E-state index contributed by atoms with van der Waals surface area (Å²) in [6.45, 7) is 2.09. The van der Waals surface area contributed by atoms with Gasteiger partial charge in [-0.05, 0) is 36.5 Å². The van der Waals surface area contributed by atoms with Crippen LogP contribution in [0.5, 0.6) is 0 Å². The minimum atomic E-state index is 1.02. The molecule has 1 aromatic carbocycles. The summed E-state index contributed by atoms with van der Waals surface area (Å²) < 4.78 is 0. The molecule has 0 saturated heterocycles. The number of benzene rings is 1. The van der Waals surface area contributed by atoms with Crippen molar-refractivity contribution in [1.82, 2.24) is 0 Å². The largest absolute Gasteiger partial charge is 0.193 e. The predicted molar refractivity (Wildman–Crippen MR) is 53.1 cm³/mol. The van der Waals surface area contributed by atoms with Crippen molar-refractivity contribution in [3.8, 4) is 6.07 Å². The van der Waals surface area contributed by atoms with E-state index >= 15 is 0 Å². The van der Waals surface area contributed by atoms with Crippen LogP contribution in [-0.2, 0) is 6.42 Å². The highest BCUT2D eigenvalue weighted by Crippen LogP contribution is 2.32. The van der Waals surface area contributed by atoms with Gasteiger partial charge in [-0.3, -0.25) is 0 Å². The molecule has 0 radical (unpaired) electrons. The lowest BCUT2D eigenvalue weighted by Gasteiger charge is -2.00. The lowest BCUT2D eigenvalue weighted by Crippen LogP contribution is -1.82. The fourth-order valence-corrected chi connectivity index (χ4v) is 1.84. The first-order valence-electron chi connectivity index (χ1n) is 4.50. The first-order chi connectivity index (χ1) is 6.31. The van der Waals surface area contributed by atoms with E-state index in [-0.39, 0.29) is 0 Å². The second kappa shape index (κ2) is 3.06. The number of aryl methyl sites for hydroxylation is 2. The van der Waals surface area contributed by atoms with Gasteiger partial charge in [0.25, 0.3) is 0 Å². The normalized spacial score (nSPS) is 17.1. The quantitative estimate of drug-likeness (QED) is 0.548. The summed E-state index contributed by atoms with van der Waals surface area (Å²) in [7, 11) is 0. The lowest BCUT2D eigenvalue weighted by molar-refractivity contribution is 1.08. The third kappa shape index (κ3) is 1.36. The number of nitriles is 1. The van der Waals surface area contributed by atoms with Gasteiger partial charge in [-0.25, -0.2) is 0 Å². The van der Waals surface area contributed by atoms with Gasteiger partial charge in [0.1, 0.15) is 0 Å². The Morgan fingerprint density at radius 1 is 1.38 bits per heavy atom. The molecule has 64 valence electrons. The van der Waals surface area contributed by atoms with Crippen LogP contribution < -0.4 is 0 Å². The zero-order chi connectivity index (χ0) is 9.26. The molecule has 0 aromatic heterocycles. The molecule has 1 nitrogen and oxygen atoms in total. The summed E-state index contributed by atoms with van der Waals surface area (Å²) in [6, 6.07) is 8.58. The van der Waals surface area contributed by atoms with Gasteiger partial charge in [0.15, 0.2) is 0 Å². The van der Waals surface area contributed by atoms with Crippen molar-refractivity contribution < 1.29 is 0 Å². The predicted octanol–water partition coefficient (Wildman–Crippen LogP) is 2.85. The third-order valence-electron chi connectivity index (χ3n) is 2.51. The van der Waals surface area contributed by atoms with Crippen LogP contribution in [0.25, 0.3) is 5.57 Å². The van der Waals surface area contributed by atoms with Gasteiger partial charge in [-0.15, -0.1) is 0 Å². The molecule has 13 heavy (non-hydrogen) atoms. The molecular formula is C12H11N. The van der Waals surface area contributed by atoms with E-state index < -0.39 is 0 Å². The molecule has 1 heteroatoms. The SMILES string of the molecule is Cc1ccc2c(c1)C(=CC#N)CC2. The molecule has 1 aromatic rings. The van der Waals surface area contributed by atoms with Crippen molar-refractivity contribution >= 4 is 5.57 Å². The van der Waals surface area contributed by atoms with Gasteiger partial charge < -0.3 is 0 Å². The van der Waals surface area contributed by atoms with E-state index in [0.29, 0.717) is 0 Å². The molecule has 0 amide bonds. The molecule has 1 aliphatic carbocycles. The highest BCUT2D eigenvalue weighted by atomic mass is 14.2. The topological polar surface area (TPSA) is 23.8 Å². The lowest BCUT2D eigenvalue weighted by atomic mass is 10.0. The van der Waals surface area contributed by atoms with Gasteiger partial charge >= 0.3 is 0 Å². The molecule has 0 spiro atoms. The molecule has 1 aliphatic rings. The second-order valence-corrected chi connectivity index (χ2v) is 3.46. The maximum Gasteiger partial charge on any atom is 0.0915 e. The summed E-state index contributed by atoms with van der Waals surface area (Å²) >= 11 is 0. The van der Waals surface area contributed by atoms with Gasteiger partial charge in [-0.2, -0.15) is 5.26 Å². The van der Waals surface area contributed by atoms with Crippen molar-refractivity contribution in [1.29, 1.82) is 5.26 Å². The minimum Gasteiger partial charge on any atom is -0.193 e. The van der Waals surface area contributed by atoms with Crippen molar-refractivity contribution in [2.75, 3.05) is 0 Å². The van der Waals surface area contributed by atoms with E-state index in [1.54, 1.807) is 6.08 Å². The number of nitrogens with zero attached hydrogens (tertiary/aromatic N) is 1. The van der Waals surface area contributed by atoms with Crippen LogP contribution in [0.4, 0.5) is 0 Å². The summed E-state index contributed by atoms with van der Waals surface area (Å²) in [5.41, 5.74) is 5.12. The molecule has 0 bridgehead atoms. The van der Waals surface area contributed by atoms with Crippen molar-refractivity contribution in [3.63, 3.8) is 0 Å². The molecule has 0 heterocycles. The van der Waals surface area contributed by atoms with Crippen LogP contribution >= 0.6 is 0 Å². The molecule has 0 atom stereocenters. The van der Waals surface area contributed by atoms with Gasteiger partial charge in [0.05, 0.1) is 6.07 Å². The van der Waals surface area contributed by atoms with Gasteiger partial charge in [0.2, 0.25) is 0 Å². The Kier molecular flexibility index (Phi) is 1.90. The molecule has 0 saturated carbocycles. The van der Waals surface area contributed by atoms with Crippen molar-refractivity contribution in [2.45, 2.75) is 19.8 Å². The molecular weight excluding hydrogens is 158 g/mol. The van der Waals surface area contributed by atoms with Crippen LogP contribution in [0.1, 0.15) is 23.1 Å². The maximum atomic E-state index is 8.60. The van der Waals surface area contributed by atoms with E-state index in [4.69, 9.17) is 5.26 Å². The van der Waals surface area contributed by atoms with E-state index in [1.807, 2.05) is 0 Å². The molecule has 0 N–H and O–H groups in total. The second-order valence-electron chi connectivity index (χ2n) is 3.46. The Morgan fingerprint density at radius 3 is 3.00 bits per heavy atom. The fourth-order valence-electron chi connectivity index (χ4n) is 1.84. The molecule has 0 fully saturated rings. The first kappa shape index (κ1) is 8.07. The Morgan fingerprint density at radius 2 is 2.23 bits per heavy atom. The Hall–Kier alpha value is -1.55. The van der Waals surface area contributed by atoms with Gasteiger partial charge in [-0.1, -0.05) is 23.8 Å².